The number of allylic oxidation sites excluding steroid dienone is 1. The number of anilines is 1. The summed E-state index contributed by atoms with van der Waals surface area (Å²) in [5.74, 6) is 0.863. The van der Waals surface area contributed by atoms with Gasteiger partial charge >= 0.3 is 0 Å². The number of benzene rings is 2. The number of hydrogen-bond donors (Lipinski definition) is 3. The van der Waals surface area contributed by atoms with Crippen LogP contribution in [0.2, 0.25) is 0 Å². The monoisotopic (exact) mass is 440 g/mol. The number of rotatable bonds is 6. The minimum absolute atomic E-state index is 0.294. The number of alkyl halides is 1. The molecule has 2 aliphatic rings. The predicted octanol–water partition coefficient (Wildman–Crippen LogP) is 4.67. The highest BCUT2D eigenvalue weighted by Gasteiger charge is 2.27. The third-order valence-electron chi connectivity index (χ3n) is 6.45. The number of nitrogens with zero attached hydrogens (tertiary/aromatic N) is 1. The van der Waals surface area contributed by atoms with Crippen LogP contribution in [0.25, 0.3) is 5.57 Å². The van der Waals surface area contributed by atoms with E-state index in [2.05, 4.69) is 35.6 Å². The van der Waals surface area contributed by atoms with Crippen LogP contribution in [0.15, 0.2) is 42.6 Å². The van der Waals surface area contributed by atoms with Crippen molar-refractivity contribution in [3.8, 4) is 11.5 Å². The van der Waals surface area contributed by atoms with Crippen LogP contribution in [0, 0.1) is 11.2 Å². The lowest BCUT2D eigenvalue weighted by Crippen LogP contribution is -2.47. The summed E-state index contributed by atoms with van der Waals surface area (Å²) < 4.78 is 33.9. The molecule has 1 saturated heterocycles. The molecule has 2 aromatic rings. The molecule has 0 aromatic heterocycles. The molecular formula is C25H30F2N4O. The molecule has 0 aliphatic carbocycles. The Bertz CT molecular complexity index is 992. The summed E-state index contributed by atoms with van der Waals surface area (Å²) in [6.07, 6.45) is 4.48. The van der Waals surface area contributed by atoms with Crippen molar-refractivity contribution >= 4 is 17.5 Å². The van der Waals surface area contributed by atoms with Crippen LogP contribution in [0.4, 0.5) is 14.5 Å². The lowest BCUT2D eigenvalue weighted by atomic mass is 9.92. The largest absolute Gasteiger partial charge is 0.456 e. The lowest BCUT2D eigenvalue weighted by Gasteiger charge is -2.35. The maximum atomic E-state index is 14.2. The molecule has 2 heterocycles. The summed E-state index contributed by atoms with van der Waals surface area (Å²) in [5, 5.41) is 14.2. The second-order valence-electron chi connectivity index (χ2n) is 8.52. The number of fused-ring (bicyclic) bond motifs is 1. The van der Waals surface area contributed by atoms with Crippen molar-refractivity contribution in [3.05, 3.63) is 59.5 Å². The van der Waals surface area contributed by atoms with Crippen LogP contribution < -0.4 is 20.3 Å². The van der Waals surface area contributed by atoms with Gasteiger partial charge in [-0.2, -0.15) is 0 Å². The maximum Gasteiger partial charge on any atom is 0.140 e. The van der Waals surface area contributed by atoms with Gasteiger partial charge in [-0.1, -0.05) is 0 Å². The lowest BCUT2D eigenvalue weighted by molar-refractivity contribution is 0.215. The Morgan fingerprint density at radius 1 is 1.22 bits per heavy atom. The fourth-order valence-electron chi connectivity index (χ4n) is 4.34. The first-order chi connectivity index (χ1) is 15.5. The van der Waals surface area contributed by atoms with E-state index in [0.717, 1.165) is 36.2 Å². The number of ether oxygens (including phenoxy) is 1. The molecule has 0 spiro atoms. The van der Waals surface area contributed by atoms with E-state index in [9.17, 15) is 8.78 Å². The summed E-state index contributed by atoms with van der Waals surface area (Å²) in [7, 11) is 2.07. The van der Waals surface area contributed by atoms with Crippen LogP contribution in [-0.4, -0.2) is 44.6 Å². The Kier molecular flexibility index (Phi) is 6.74. The van der Waals surface area contributed by atoms with Crippen molar-refractivity contribution in [2.75, 3.05) is 25.0 Å². The number of piperidine rings is 1. The molecule has 0 bridgehead atoms. The minimum Gasteiger partial charge on any atom is -0.456 e. The van der Waals surface area contributed by atoms with Crippen molar-refractivity contribution in [3.63, 3.8) is 0 Å². The summed E-state index contributed by atoms with van der Waals surface area (Å²) in [6, 6.07) is 10.0. The van der Waals surface area contributed by atoms with Crippen molar-refractivity contribution < 1.29 is 13.5 Å². The smallest absolute Gasteiger partial charge is 0.140 e. The molecule has 2 aromatic carbocycles. The molecule has 2 aliphatic heterocycles. The van der Waals surface area contributed by atoms with Crippen molar-refractivity contribution in [1.82, 2.24) is 10.6 Å². The van der Waals surface area contributed by atoms with Gasteiger partial charge in [-0.15, -0.1) is 0 Å². The van der Waals surface area contributed by atoms with Gasteiger partial charge in [-0.3, -0.25) is 0 Å². The normalized spacial score (nSPS) is 23.4. The first kappa shape index (κ1) is 22.3. The molecule has 0 radical (unpaired) electrons. The van der Waals surface area contributed by atoms with Gasteiger partial charge in [0.2, 0.25) is 0 Å². The van der Waals surface area contributed by atoms with E-state index < -0.39 is 6.17 Å². The molecule has 32 heavy (non-hydrogen) atoms. The summed E-state index contributed by atoms with van der Waals surface area (Å²) in [4.78, 5) is 2.23. The van der Waals surface area contributed by atoms with E-state index in [1.54, 1.807) is 18.3 Å². The molecule has 7 heteroatoms. The molecule has 170 valence electrons. The van der Waals surface area contributed by atoms with Gasteiger partial charge in [0.05, 0.1) is 6.04 Å². The van der Waals surface area contributed by atoms with E-state index in [-0.39, 0.29) is 11.9 Å². The second kappa shape index (κ2) is 9.69. The Balaban J connectivity index is 1.73. The van der Waals surface area contributed by atoms with Gasteiger partial charge in [-0.25, -0.2) is 8.78 Å². The van der Waals surface area contributed by atoms with Gasteiger partial charge in [0.1, 0.15) is 23.5 Å². The molecule has 0 saturated carbocycles. The van der Waals surface area contributed by atoms with Gasteiger partial charge in [0.15, 0.2) is 0 Å². The van der Waals surface area contributed by atoms with E-state index in [1.807, 2.05) is 6.07 Å². The molecule has 0 amide bonds. The van der Waals surface area contributed by atoms with Crippen LogP contribution >= 0.6 is 0 Å². The Hall–Kier alpha value is -2.93. The average Bonchev–Trinajstić information content (AvgIpc) is 2.80. The van der Waals surface area contributed by atoms with Gasteiger partial charge in [0.25, 0.3) is 0 Å². The SMILES string of the molecule is CC1CCc2c(ccc(/C(C=N)=C/NC3CCNCC3F)c2Oc2ccc(F)cc2)N1C. The maximum absolute atomic E-state index is 14.2. The first-order valence-corrected chi connectivity index (χ1v) is 11.1. The Labute approximate surface area is 188 Å². The topological polar surface area (TPSA) is 60.4 Å². The fraction of sp³-hybridized carbons (Fsp3) is 0.400. The zero-order chi connectivity index (χ0) is 22.7. The third-order valence-corrected chi connectivity index (χ3v) is 6.45. The predicted molar refractivity (Wildman–Crippen MR) is 125 cm³/mol. The Morgan fingerprint density at radius 3 is 2.72 bits per heavy atom. The third kappa shape index (κ3) is 4.63. The highest BCUT2D eigenvalue weighted by atomic mass is 19.1. The van der Waals surface area contributed by atoms with Crippen molar-refractivity contribution in [2.45, 2.75) is 44.4 Å². The number of hydrogen-bond acceptors (Lipinski definition) is 5. The van der Waals surface area contributed by atoms with Crippen LogP contribution in [0.1, 0.15) is 30.9 Å². The van der Waals surface area contributed by atoms with Crippen LogP contribution in [0.3, 0.4) is 0 Å². The highest BCUT2D eigenvalue weighted by molar-refractivity contribution is 6.09. The minimum atomic E-state index is -0.986. The van der Waals surface area contributed by atoms with E-state index in [0.29, 0.717) is 36.1 Å². The van der Waals surface area contributed by atoms with Crippen molar-refractivity contribution in [1.29, 1.82) is 5.41 Å². The fourth-order valence-corrected chi connectivity index (χ4v) is 4.34. The zero-order valence-corrected chi connectivity index (χ0v) is 18.5. The number of nitrogens with one attached hydrogen (secondary N) is 3. The first-order valence-electron chi connectivity index (χ1n) is 11.1. The molecule has 1 fully saturated rings. The van der Waals surface area contributed by atoms with Crippen LogP contribution in [0.5, 0.6) is 11.5 Å². The number of halogens is 2. The van der Waals surface area contributed by atoms with E-state index in [1.165, 1.54) is 18.3 Å². The average molecular weight is 441 g/mol. The molecule has 3 unspecified atom stereocenters. The quantitative estimate of drug-likeness (QED) is 0.572. The molecule has 3 atom stereocenters. The van der Waals surface area contributed by atoms with Crippen LogP contribution in [-0.2, 0) is 6.42 Å². The summed E-state index contributed by atoms with van der Waals surface area (Å²) in [5.41, 5.74) is 3.51. The van der Waals surface area contributed by atoms with E-state index in [4.69, 9.17) is 10.1 Å². The summed E-state index contributed by atoms with van der Waals surface area (Å²) in [6.45, 7) is 3.28. The molecule has 3 N–H and O–H groups in total. The van der Waals surface area contributed by atoms with Gasteiger partial charge in [-0.05, 0) is 69.1 Å². The van der Waals surface area contributed by atoms with Crippen molar-refractivity contribution in [2.24, 2.45) is 0 Å². The van der Waals surface area contributed by atoms with E-state index >= 15 is 0 Å². The van der Waals surface area contributed by atoms with Gasteiger partial charge < -0.3 is 25.7 Å². The molecule has 5 nitrogen and oxygen atoms in total. The molecule has 4 rings (SSSR count). The zero-order valence-electron chi connectivity index (χ0n) is 18.5. The Morgan fingerprint density at radius 2 is 2.00 bits per heavy atom. The molecular weight excluding hydrogens is 410 g/mol. The standard InChI is InChI=1S/C25H30F2N4O/c1-16-3-8-21-24(31(16)2)10-9-20(25(21)32-19-6-4-18(26)5-7-19)17(13-28)14-30-23-11-12-29-15-22(23)27/h4-7,9-10,13-14,16,22-23,28-30H,3,8,11-12,15H2,1-2H3/b17-14+,28-13?. The second-order valence-corrected chi connectivity index (χ2v) is 8.52. The van der Waals surface area contributed by atoms with Gasteiger partial charge in [0, 0.05) is 54.4 Å². The summed E-state index contributed by atoms with van der Waals surface area (Å²) >= 11 is 0. The highest BCUT2D eigenvalue weighted by Crippen LogP contribution is 2.42.